The van der Waals surface area contributed by atoms with Crippen molar-refractivity contribution in [3.05, 3.63) is 0 Å². The number of hydrogen-bond donors (Lipinski definition) is 2. The number of nitrogens with one attached hydrogen (secondary N) is 1. The molecule has 3 nitrogen and oxygen atoms in total. The third-order valence-corrected chi connectivity index (χ3v) is 6.26. The van der Waals surface area contributed by atoms with Gasteiger partial charge in [-0.2, -0.15) is 0 Å². The molecule has 2 fully saturated rings. The molecule has 1 saturated carbocycles. The van der Waals surface area contributed by atoms with Crippen LogP contribution in [-0.4, -0.2) is 31.8 Å². The Labute approximate surface area is 125 Å². The fourth-order valence-corrected chi connectivity index (χ4v) is 4.12. The minimum Gasteiger partial charge on any atom is -0.378 e. The Morgan fingerprint density at radius 1 is 1.20 bits per heavy atom. The predicted octanol–water partition coefficient (Wildman–Crippen LogP) is 2.79. The highest BCUT2D eigenvalue weighted by Gasteiger charge is 2.41. The van der Waals surface area contributed by atoms with Crippen LogP contribution in [0.3, 0.4) is 0 Å². The molecule has 20 heavy (non-hydrogen) atoms. The van der Waals surface area contributed by atoms with Crippen molar-refractivity contribution < 1.29 is 4.74 Å². The monoisotopic (exact) mass is 282 g/mol. The molecule has 3 heteroatoms. The fraction of sp³-hybridized carbons (Fsp3) is 1.00. The van der Waals surface area contributed by atoms with E-state index in [-0.39, 0.29) is 0 Å². The third-order valence-electron chi connectivity index (χ3n) is 6.26. The number of hydrogen-bond acceptors (Lipinski definition) is 3. The Hall–Kier alpha value is -0.120. The summed E-state index contributed by atoms with van der Waals surface area (Å²) in [5.41, 5.74) is 6.59. The summed E-state index contributed by atoms with van der Waals surface area (Å²) in [5, 5.41) is 3.73. The van der Waals surface area contributed by atoms with E-state index in [4.69, 9.17) is 10.5 Å². The third kappa shape index (κ3) is 3.37. The van der Waals surface area contributed by atoms with Gasteiger partial charge in [-0.25, -0.2) is 0 Å². The molecule has 3 N–H and O–H groups in total. The predicted molar refractivity (Wildman–Crippen MR) is 84.7 cm³/mol. The van der Waals surface area contributed by atoms with Crippen molar-refractivity contribution in [2.75, 3.05) is 19.7 Å². The van der Waals surface area contributed by atoms with Crippen molar-refractivity contribution in [2.24, 2.45) is 28.9 Å². The zero-order valence-electron chi connectivity index (χ0n) is 13.8. The molecule has 0 aromatic heterocycles. The van der Waals surface area contributed by atoms with Gasteiger partial charge in [0, 0.05) is 19.2 Å². The maximum atomic E-state index is 6.24. The summed E-state index contributed by atoms with van der Waals surface area (Å²) in [5.74, 6) is 2.08. The van der Waals surface area contributed by atoms with Gasteiger partial charge in [-0.1, -0.05) is 27.7 Å². The summed E-state index contributed by atoms with van der Waals surface area (Å²) in [7, 11) is 0. The summed E-state index contributed by atoms with van der Waals surface area (Å²) in [4.78, 5) is 0. The van der Waals surface area contributed by atoms with E-state index in [1.807, 2.05) is 0 Å². The van der Waals surface area contributed by atoms with E-state index in [2.05, 4.69) is 33.0 Å². The summed E-state index contributed by atoms with van der Waals surface area (Å²) in [6.07, 6.45) is 5.30. The van der Waals surface area contributed by atoms with Crippen molar-refractivity contribution in [1.82, 2.24) is 5.32 Å². The summed E-state index contributed by atoms with van der Waals surface area (Å²) >= 11 is 0. The van der Waals surface area contributed by atoms with Gasteiger partial charge in [0.15, 0.2) is 0 Å². The van der Waals surface area contributed by atoms with Crippen molar-refractivity contribution in [3.63, 3.8) is 0 Å². The van der Waals surface area contributed by atoms with Crippen LogP contribution in [0.5, 0.6) is 0 Å². The molecule has 2 aliphatic rings. The lowest BCUT2D eigenvalue weighted by atomic mass is 9.61. The Kier molecular flexibility index (Phi) is 5.49. The van der Waals surface area contributed by atoms with Crippen molar-refractivity contribution in [3.8, 4) is 0 Å². The van der Waals surface area contributed by atoms with Gasteiger partial charge in [-0.3, -0.25) is 0 Å². The Balaban J connectivity index is 1.79. The van der Waals surface area contributed by atoms with Crippen LogP contribution in [0.25, 0.3) is 0 Å². The standard InChI is InChI=1S/C17H34N2O/c1-5-16-13(8-9-20-16)10-19-11-14-6-7-15(18)12(2)17(14,3)4/h12-16,19H,5-11,18H2,1-4H3. The largest absolute Gasteiger partial charge is 0.378 e. The highest BCUT2D eigenvalue weighted by Crippen LogP contribution is 2.44. The summed E-state index contributed by atoms with van der Waals surface area (Å²) < 4.78 is 5.77. The number of nitrogens with two attached hydrogens (primary N) is 1. The van der Waals surface area contributed by atoms with Gasteiger partial charge in [0.2, 0.25) is 0 Å². The topological polar surface area (TPSA) is 47.3 Å². The number of rotatable bonds is 5. The normalized spacial score (nSPS) is 41.0. The van der Waals surface area contributed by atoms with Gasteiger partial charge in [0.1, 0.15) is 0 Å². The van der Waals surface area contributed by atoms with Gasteiger partial charge in [0.05, 0.1) is 6.10 Å². The molecule has 1 aliphatic heterocycles. The smallest absolute Gasteiger partial charge is 0.0613 e. The second kappa shape index (κ2) is 6.76. The molecule has 2 rings (SSSR count). The molecule has 0 amide bonds. The molecule has 0 bridgehead atoms. The summed E-state index contributed by atoms with van der Waals surface area (Å²) in [6, 6.07) is 0.383. The zero-order valence-corrected chi connectivity index (χ0v) is 13.8. The highest BCUT2D eigenvalue weighted by atomic mass is 16.5. The van der Waals surface area contributed by atoms with Crippen molar-refractivity contribution >= 4 is 0 Å². The highest BCUT2D eigenvalue weighted by molar-refractivity contribution is 4.94. The first-order chi connectivity index (χ1) is 9.46. The van der Waals surface area contributed by atoms with Crippen LogP contribution in [0.15, 0.2) is 0 Å². The van der Waals surface area contributed by atoms with Crippen LogP contribution in [0.1, 0.15) is 53.4 Å². The number of ether oxygens (including phenoxy) is 1. The quantitative estimate of drug-likeness (QED) is 0.815. The van der Waals surface area contributed by atoms with Gasteiger partial charge < -0.3 is 15.8 Å². The lowest BCUT2D eigenvalue weighted by molar-refractivity contribution is 0.0514. The van der Waals surface area contributed by atoms with Crippen molar-refractivity contribution in [1.29, 1.82) is 0 Å². The molecular formula is C17H34N2O. The zero-order chi connectivity index (χ0) is 14.8. The van der Waals surface area contributed by atoms with E-state index < -0.39 is 0 Å². The molecule has 0 aromatic rings. The van der Waals surface area contributed by atoms with Gasteiger partial charge >= 0.3 is 0 Å². The van der Waals surface area contributed by atoms with Crippen LogP contribution in [0, 0.1) is 23.2 Å². The first kappa shape index (κ1) is 16.3. The maximum absolute atomic E-state index is 6.24. The van der Waals surface area contributed by atoms with E-state index in [1.54, 1.807) is 0 Å². The van der Waals surface area contributed by atoms with E-state index >= 15 is 0 Å². The molecular weight excluding hydrogens is 248 g/mol. The van der Waals surface area contributed by atoms with Crippen molar-refractivity contribution in [2.45, 2.75) is 65.5 Å². The Morgan fingerprint density at radius 2 is 1.95 bits per heavy atom. The van der Waals surface area contributed by atoms with E-state index in [0.29, 0.717) is 29.4 Å². The first-order valence-corrected chi connectivity index (χ1v) is 8.54. The molecule has 0 aromatic carbocycles. The van der Waals surface area contributed by atoms with Crippen LogP contribution < -0.4 is 11.1 Å². The second-order valence-corrected chi connectivity index (χ2v) is 7.57. The van der Waals surface area contributed by atoms with Crippen LogP contribution in [-0.2, 0) is 4.74 Å². The van der Waals surface area contributed by atoms with Gasteiger partial charge in [0.25, 0.3) is 0 Å². The van der Waals surface area contributed by atoms with Gasteiger partial charge in [-0.05, 0) is 55.4 Å². The van der Waals surface area contributed by atoms with Crippen LogP contribution in [0.2, 0.25) is 0 Å². The lowest BCUT2D eigenvalue weighted by Crippen LogP contribution is -2.49. The minimum absolute atomic E-state index is 0.348. The molecule has 1 aliphatic carbocycles. The maximum Gasteiger partial charge on any atom is 0.0613 e. The molecule has 5 atom stereocenters. The van der Waals surface area contributed by atoms with E-state index in [9.17, 15) is 0 Å². The van der Waals surface area contributed by atoms with Crippen LogP contribution in [0.4, 0.5) is 0 Å². The SMILES string of the molecule is CCC1OCCC1CNCC1CCC(N)C(C)C1(C)C. The van der Waals surface area contributed by atoms with Gasteiger partial charge in [-0.15, -0.1) is 0 Å². The van der Waals surface area contributed by atoms with E-state index in [0.717, 1.165) is 32.0 Å². The fourth-order valence-electron chi connectivity index (χ4n) is 4.12. The second-order valence-electron chi connectivity index (χ2n) is 7.57. The molecule has 118 valence electrons. The minimum atomic E-state index is 0.348. The Bertz CT molecular complexity index is 305. The summed E-state index contributed by atoms with van der Waals surface area (Å²) in [6.45, 7) is 12.6. The molecule has 0 radical (unpaired) electrons. The lowest BCUT2D eigenvalue weighted by Gasteiger charge is -2.47. The van der Waals surface area contributed by atoms with E-state index in [1.165, 1.54) is 19.3 Å². The molecule has 1 saturated heterocycles. The average Bonchev–Trinajstić information content (AvgIpc) is 2.86. The molecule has 0 spiro atoms. The Morgan fingerprint density at radius 3 is 2.65 bits per heavy atom. The first-order valence-electron chi connectivity index (χ1n) is 8.54. The molecule has 5 unspecified atom stereocenters. The molecule has 1 heterocycles. The van der Waals surface area contributed by atoms with Crippen LogP contribution >= 0.6 is 0 Å². The average molecular weight is 282 g/mol.